The van der Waals surface area contributed by atoms with Crippen LogP contribution in [-0.4, -0.2) is 26.9 Å². The summed E-state index contributed by atoms with van der Waals surface area (Å²) in [5.74, 6) is -1.19. The molecule has 0 saturated carbocycles. The van der Waals surface area contributed by atoms with Crippen molar-refractivity contribution in [1.82, 2.24) is 4.90 Å². The quantitative estimate of drug-likeness (QED) is 0.266. The smallest absolute Gasteiger partial charge is 0.293 e. The van der Waals surface area contributed by atoms with Crippen LogP contribution in [0.25, 0.3) is 6.08 Å². The Labute approximate surface area is 203 Å². The number of non-ortho nitro benzene ring substituents is 1. The van der Waals surface area contributed by atoms with Gasteiger partial charge in [-0.2, -0.15) is 0 Å². The number of amides is 2. The molecule has 0 unspecified atom stereocenters. The fraction of sp³-hybridized carbons (Fsp3) is 0.0800. The number of ether oxygens (including phenoxy) is 1. The van der Waals surface area contributed by atoms with Crippen molar-refractivity contribution in [2.24, 2.45) is 0 Å². The van der Waals surface area contributed by atoms with Gasteiger partial charge in [0.25, 0.3) is 16.8 Å². The van der Waals surface area contributed by atoms with Crippen LogP contribution >= 0.6 is 11.8 Å². The number of thioether (sulfide) groups is 1. The number of nitro benzene ring substituents is 1. The number of benzene rings is 3. The number of carbonyl (C=O) groups excluding carboxylic acids is 3. The number of rotatable bonds is 8. The Morgan fingerprint density at radius 2 is 1.71 bits per heavy atom. The third kappa shape index (κ3) is 5.74. The maximum Gasteiger partial charge on any atom is 0.293 e. The van der Waals surface area contributed by atoms with Crippen LogP contribution in [0.5, 0.6) is 5.75 Å². The molecule has 0 N–H and O–H groups in total. The summed E-state index contributed by atoms with van der Waals surface area (Å²) >= 11 is 0.802. The van der Waals surface area contributed by atoms with Crippen LogP contribution < -0.4 is 9.84 Å². The van der Waals surface area contributed by atoms with Crippen LogP contribution in [0.15, 0.2) is 77.7 Å². The van der Waals surface area contributed by atoms with Crippen LogP contribution in [0.1, 0.15) is 27.0 Å². The number of nitrogens with zero attached hydrogens (tertiary/aromatic N) is 2. The SMILES string of the molecule is O=C([O-])c1cccc(COc2ccc(/C=C3\SC(=O)N(Cc4cccc([N+](=O)[O-])c4)C3=O)cc2)c1. The molecule has 10 heteroatoms. The van der Waals surface area contributed by atoms with E-state index in [4.69, 9.17) is 4.74 Å². The van der Waals surface area contributed by atoms with Gasteiger partial charge in [0.1, 0.15) is 12.4 Å². The third-order valence-electron chi connectivity index (χ3n) is 5.08. The van der Waals surface area contributed by atoms with E-state index in [-0.39, 0.29) is 29.3 Å². The lowest BCUT2D eigenvalue weighted by atomic mass is 10.1. The maximum absolute atomic E-state index is 12.8. The first-order valence-corrected chi connectivity index (χ1v) is 11.1. The van der Waals surface area contributed by atoms with Crippen molar-refractivity contribution >= 4 is 40.6 Å². The molecule has 1 aliphatic rings. The highest BCUT2D eigenvalue weighted by atomic mass is 32.2. The number of carbonyl (C=O) groups is 3. The fourth-order valence-electron chi connectivity index (χ4n) is 3.35. The Morgan fingerprint density at radius 1 is 1.00 bits per heavy atom. The Hall–Kier alpha value is -4.44. The van der Waals surface area contributed by atoms with E-state index in [0.717, 1.165) is 16.7 Å². The maximum atomic E-state index is 12.8. The zero-order valence-corrected chi connectivity index (χ0v) is 18.9. The predicted molar refractivity (Wildman–Crippen MR) is 126 cm³/mol. The molecule has 0 spiro atoms. The molecule has 3 aromatic carbocycles. The Kier molecular flexibility index (Phi) is 6.93. The van der Waals surface area contributed by atoms with Gasteiger partial charge in [-0.15, -0.1) is 0 Å². The zero-order valence-electron chi connectivity index (χ0n) is 18.1. The number of carboxylic acids is 1. The molecule has 0 aromatic heterocycles. The van der Waals surface area contributed by atoms with Crippen molar-refractivity contribution in [2.45, 2.75) is 13.2 Å². The van der Waals surface area contributed by atoms with Crippen molar-refractivity contribution in [2.75, 3.05) is 0 Å². The van der Waals surface area contributed by atoms with Gasteiger partial charge >= 0.3 is 0 Å². The highest BCUT2D eigenvalue weighted by molar-refractivity contribution is 8.18. The van der Waals surface area contributed by atoms with E-state index in [9.17, 15) is 29.6 Å². The van der Waals surface area contributed by atoms with Crippen LogP contribution in [0.4, 0.5) is 10.5 Å². The second-order valence-corrected chi connectivity index (χ2v) is 8.53. The number of carboxylic acid groups (broad SMARTS) is 1. The Bertz CT molecular complexity index is 1350. The normalized spacial score (nSPS) is 14.4. The monoisotopic (exact) mass is 489 g/mol. The summed E-state index contributed by atoms with van der Waals surface area (Å²) in [4.78, 5) is 47.8. The lowest BCUT2D eigenvalue weighted by Gasteiger charge is -2.12. The summed E-state index contributed by atoms with van der Waals surface area (Å²) < 4.78 is 5.68. The highest BCUT2D eigenvalue weighted by Crippen LogP contribution is 2.33. The van der Waals surface area contributed by atoms with Gasteiger partial charge in [-0.3, -0.25) is 24.6 Å². The minimum Gasteiger partial charge on any atom is -0.545 e. The number of hydrogen-bond acceptors (Lipinski definition) is 8. The van der Waals surface area contributed by atoms with Crippen molar-refractivity contribution in [3.05, 3.63) is 110 Å². The molecule has 3 aromatic rings. The molecule has 0 atom stereocenters. The molecule has 4 rings (SSSR count). The molecule has 1 aliphatic heterocycles. The van der Waals surface area contributed by atoms with Gasteiger partial charge in [-0.25, -0.2) is 0 Å². The largest absolute Gasteiger partial charge is 0.545 e. The third-order valence-corrected chi connectivity index (χ3v) is 5.99. The van der Waals surface area contributed by atoms with Gasteiger partial charge in [0.05, 0.1) is 22.3 Å². The Morgan fingerprint density at radius 3 is 2.43 bits per heavy atom. The van der Waals surface area contributed by atoms with Crippen LogP contribution in [-0.2, 0) is 17.9 Å². The number of nitro groups is 1. The first-order chi connectivity index (χ1) is 16.8. The summed E-state index contributed by atoms with van der Waals surface area (Å²) in [5.41, 5.74) is 1.79. The number of aromatic carboxylic acids is 1. The van der Waals surface area contributed by atoms with Crippen molar-refractivity contribution in [3.63, 3.8) is 0 Å². The fourth-order valence-corrected chi connectivity index (χ4v) is 4.19. The Balaban J connectivity index is 1.40. The minimum absolute atomic E-state index is 0.0599. The van der Waals surface area contributed by atoms with Crippen molar-refractivity contribution in [3.8, 4) is 5.75 Å². The first-order valence-electron chi connectivity index (χ1n) is 10.3. The summed E-state index contributed by atoms with van der Waals surface area (Å²) in [6, 6.07) is 18.9. The lowest BCUT2D eigenvalue weighted by molar-refractivity contribution is -0.384. The van der Waals surface area contributed by atoms with E-state index in [1.807, 2.05) is 0 Å². The molecule has 0 aliphatic carbocycles. The summed E-state index contributed by atoms with van der Waals surface area (Å²) in [7, 11) is 0. The molecule has 1 saturated heterocycles. The summed E-state index contributed by atoms with van der Waals surface area (Å²) in [5, 5.41) is 21.5. The van der Waals surface area contributed by atoms with Crippen LogP contribution in [0, 0.1) is 10.1 Å². The molecule has 176 valence electrons. The molecule has 0 radical (unpaired) electrons. The van der Waals surface area contributed by atoms with Gasteiger partial charge in [0, 0.05) is 12.1 Å². The number of imide groups is 1. The second kappa shape index (κ2) is 10.2. The topological polar surface area (TPSA) is 130 Å². The van der Waals surface area contributed by atoms with Crippen molar-refractivity contribution < 1.29 is 29.2 Å². The minimum atomic E-state index is -1.26. The van der Waals surface area contributed by atoms with Gasteiger partial charge in [0.15, 0.2) is 0 Å². The summed E-state index contributed by atoms with van der Waals surface area (Å²) in [6.45, 7) is 0.104. The van der Waals surface area contributed by atoms with Gasteiger partial charge in [0.2, 0.25) is 0 Å². The van der Waals surface area contributed by atoms with Crippen LogP contribution in [0.3, 0.4) is 0 Å². The van der Waals surface area contributed by atoms with E-state index in [1.54, 1.807) is 48.5 Å². The molecule has 2 amide bonds. The number of hydrogen-bond donors (Lipinski definition) is 0. The molecule has 1 fully saturated rings. The highest BCUT2D eigenvalue weighted by Gasteiger charge is 2.35. The molecule has 1 heterocycles. The van der Waals surface area contributed by atoms with Gasteiger partial charge in [-0.1, -0.05) is 42.5 Å². The standard InChI is InChI=1S/C25H18N2O7S/c28-23-22(35-25(31)26(23)14-17-3-2-6-20(12-17)27(32)33)13-16-7-9-21(10-8-16)34-15-18-4-1-5-19(11-18)24(29)30/h1-13H,14-15H2,(H,29,30)/p-1/b22-13-. The van der Waals surface area contributed by atoms with E-state index < -0.39 is 22.0 Å². The molecular formula is C25H17N2O7S-. The van der Waals surface area contributed by atoms with Gasteiger partial charge in [-0.05, 0) is 58.3 Å². The van der Waals surface area contributed by atoms with E-state index >= 15 is 0 Å². The van der Waals surface area contributed by atoms with E-state index in [0.29, 0.717) is 22.4 Å². The molecule has 0 bridgehead atoms. The van der Waals surface area contributed by atoms with Gasteiger partial charge < -0.3 is 14.6 Å². The first kappa shape index (κ1) is 23.7. The average Bonchev–Trinajstić information content (AvgIpc) is 3.11. The average molecular weight is 489 g/mol. The van der Waals surface area contributed by atoms with Crippen LogP contribution in [0.2, 0.25) is 0 Å². The molecule has 9 nitrogen and oxygen atoms in total. The van der Waals surface area contributed by atoms with E-state index in [1.165, 1.54) is 30.3 Å². The summed E-state index contributed by atoms with van der Waals surface area (Å²) in [6.07, 6.45) is 1.59. The second-order valence-electron chi connectivity index (χ2n) is 7.54. The van der Waals surface area contributed by atoms with E-state index in [2.05, 4.69) is 0 Å². The lowest BCUT2D eigenvalue weighted by Crippen LogP contribution is -2.27. The zero-order chi connectivity index (χ0) is 24.9. The predicted octanol–water partition coefficient (Wildman–Crippen LogP) is 3.77. The van der Waals surface area contributed by atoms with Crippen molar-refractivity contribution in [1.29, 1.82) is 0 Å². The molecular weight excluding hydrogens is 472 g/mol. The molecule has 35 heavy (non-hydrogen) atoms.